The first kappa shape index (κ1) is 11.2. The van der Waals surface area contributed by atoms with Gasteiger partial charge in [-0.15, -0.1) is 0 Å². The molecule has 0 aliphatic heterocycles. The van der Waals surface area contributed by atoms with Crippen LogP contribution in [-0.2, 0) is 0 Å². The summed E-state index contributed by atoms with van der Waals surface area (Å²) >= 11 is 0. The molecule has 2 rings (SSSR count). The molecule has 0 saturated heterocycles. The predicted molar refractivity (Wildman–Crippen MR) is 66.8 cm³/mol. The summed E-state index contributed by atoms with van der Waals surface area (Å²) in [5.41, 5.74) is 8.08. The summed E-state index contributed by atoms with van der Waals surface area (Å²) in [6.07, 6.45) is 0. The van der Waals surface area contributed by atoms with Gasteiger partial charge >= 0.3 is 0 Å². The molecule has 3 nitrogen and oxygen atoms in total. The number of hydrogen-bond donors (Lipinski definition) is 2. The molecule has 17 heavy (non-hydrogen) atoms. The van der Waals surface area contributed by atoms with Crippen LogP contribution < -0.4 is 5.73 Å². The number of nitrogens with two attached hydrogens (primary N) is 1. The first-order chi connectivity index (χ1) is 8.09. The standard InChI is InChI=1S/C14H13NO2/c1-9-6-7-10(8-13(9)16)11-4-2-3-5-12(11)14(15)17/h2-8,16H,1H3,(H2,15,17). The molecule has 1 amide bonds. The lowest BCUT2D eigenvalue weighted by Gasteiger charge is -2.08. The number of carbonyl (C=O) groups excluding carboxylic acids is 1. The number of amides is 1. The number of hydrogen-bond acceptors (Lipinski definition) is 2. The highest BCUT2D eigenvalue weighted by atomic mass is 16.3. The maximum Gasteiger partial charge on any atom is 0.249 e. The van der Waals surface area contributed by atoms with Crippen molar-refractivity contribution in [2.24, 2.45) is 5.73 Å². The van der Waals surface area contributed by atoms with E-state index in [1.165, 1.54) is 0 Å². The number of rotatable bonds is 2. The van der Waals surface area contributed by atoms with E-state index in [1.807, 2.05) is 31.2 Å². The molecule has 0 aliphatic rings. The predicted octanol–water partition coefficient (Wildman–Crippen LogP) is 2.47. The highest BCUT2D eigenvalue weighted by molar-refractivity contribution is 5.99. The van der Waals surface area contributed by atoms with Gasteiger partial charge in [0.15, 0.2) is 0 Å². The Kier molecular flexibility index (Phi) is 2.83. The van der Waals surface area contributed by atoms with Gasteiger partial charge in [-0.3, -0.25) is 4.79 Å². The number of primary amides is 1. The van der Waals surface area contributed by atoms with Crippen molar-refractivity contribution in [3.05, 3.63) is 53.6 Å². The largest absolute Gasteiger partial charge is 0.508 e. The van der Waals surface area contributed by atoms with Gasteiger partial charge in [0.05, 0.1) is 0 Å². The average molecular weight is 227 g/mol. The van der Waals surface area contributed by atoms with E-state index in [0.29, 0.717) is 5.56 Å². The van der Waals surface area contributed by atoms with Crippen molar-refractivity contribution < 1.29 is 9.90 Å². The molecule has 0 heterocycles. The fraction of sp³-hybridized carbons (Fsp3) is 0.0714. The van der Waals surface area contributed by atoms with Gasteiger partial charge in [-0.25, -0.2) is 0 Å². The van der Waals surface area contributed by atoms with Crippen LogP contribution in [0.3, 0.4) is 0 Å². The Hall–Kier alpha value is -2.29. The number of carbonyl (C=O) groups is 1. The fourth-order valence-electron chi connectivity index (χ4n) is 1.73. The van der Waals surface area contributed by atoms with Gasteiger partial charge in [-0.1, -0.05) is 30.3 Å². The van der Waals surface area contributed by atoms with Crippen molar-refractivity contribution in [2.45, 2.75) is 6.92 Å². The van der Waals surface area contributed by atoms with Crippen molar-refractivity contribution in [3.63, 3.8) is 0 Å². The highest BCUT2D eigenvalue weighted by Gasteiger charge is 2.09. The minimum Gasteiger partial charge on any atom is -0.508 e. The Morgan fingerprint density at radius 3 is 2.53 bits per heavy atom. The lowest BCUT2D eigenvalue weighted by molar-refractivity contribution is 0.100. The van der Waals surface area contributed by atoms with E-state index in [4.69, 9.17) is 5.73 Å². The van der Waals surface area contributed by atoms with Gasteiger partial charge in [0.2, 0.25) is 5.91 Å². The van der Waals surface area contributed by atoms with E-state index in [1.54, 1.807) is 18.2 Å². The minimum atomic E-state index is -0.472. The van der Waals surface area contributed by atoms with Gasteiger partial charge < -0.3 is 10.8 Å². The molecule has 3 heteroatoms. The third-order valence-corrected chi connectivity index (χ3v) is 2.71. The summed E-state index contributed by atoms with van der Waals surface area (Å²) in [7, 11) is 0. The summed E-state index contributed by atoms with van der Waals surface area (Å²) in [4.78, 5) is 11.3. The van der Waals surface area contributed by atoms with E-state index < -0.39 is 5.91 Å². The Morgan fingerprint density at radius 1 is 1.18 bits per heavy atom. The molecule has 0 saturated carbocycles. The third-order valence-electron chi connectivity index (χ3n) is 2.71. The number of aromatic hydroxyl groups is 1. The molecule has 3 N–H and O–H groups in total. The van der Waals surface area contributed by atoms with Gasteiger partial charge in [0.1, 0.15) is 5.75 Å². The van der Waals surface area contributed by atoms with E-state index in [0.717, 1.165) is 16.7 Å². The maximum absolute atomic E-state index is 11.3. The van der Waals surface area contributed by atoms with E-state index in [9.17, 15) is 9.90 Å². The number of phenolic OH excluding ortho intramolecular Hbond substituents is 1. The fourth-order valence-corrected chi connectivity index (χ4v) is 1.73. The second kappa shape index (κ2) is 4.29. The van der Waals surface area contributed by atoms with E-state index >= 15 is 0 Å². The molecule has 2 aromatic carbocycles. The van der Waals surface area contributed by atoms with Crippen LogP contribution in [0, 0.1) is 6.92 Å². The minimum absolute atomic E-state index is 0.210. The molecule has 0 atom stereocenters. The summed E-state index contributed by atoms with van der Waals surface area (Å²) in [5, 5.41) is 9.67. The van der Waals surface area contributed by atoms with Crippen molar-refractivity contribution in [1.82, 2.24) is 0 Å². The maximum atomic E-state index is 11.3. The van der Waals surface area contributed by atoms with Gasteiger partial charge in [0.25, 0.3) is 0 Å². The quantitative estimate of drug-likeness (QED) is 0.827. The number of phenols is 1. The molecule has 2 aromatic rings. The van der Waals surface area contributed by atoms with Crippen LogP contribution in [0.25, 0.3) is 11.1 Å². The molecule has 0 radical (unpaired) electrons. The zero-order valence-corrected chi connectivity index (χ0v) is 9.47. The molecule has 0 unspecified atom stereocenters. The Balaban J connectivity index is 2.60. The first-order valence-electron chi connectivity index (χ1n) is 5.28. The van der Waals surface area contributed by atoms with Crippen molar-refractivity contribution >= 4 is 5.91 Å². The van der Waals surface area contributed by atoms with Crippen LogP contribution in [0.5, 0.6) is 5.75 Å². The summed E-state index contributed by atoms with van der Waals surface area (Å²) in [6.45, 7) is 1.82. The van der Waals surface area contributed by atoms with Gasteiger partial charge in [0, 0.05) is 5.56 Å². The van der Waals surface area contributed by atoms with Crippen LogP contribution in [-0.4, -0.2) is 11.0 Å². The van der Waals surface area contributed by atoms with Gasteiger partial charge in [-0.2, -0.15) is 0 Å². The molecular formula is C14H13NO2. The zero-order chi connectivity index (χ0) is 12.4. The number of benzene rings is 2. The van der Waals surface area contributed by atoms with Crippen LogP contribution in [0.1, 0.15) is 15.9 Å². The molecule has 86 valence electrons. The molecule has 0 fully saturated rings. The van der Waals surface area contributed by atoms with Crippen molar-refractivity contribution in [2.75, 3.05) is 0 Å². The van der Waals surface area contributed by atoms with Crippen molar-refractivity contribution in [3.8, 4) is 16.9 Å². The van der Waals surface area contributed by atoms with Crippen molar-refractivity contribution in [1.29, 1.82) is 0 Å². The van der Waals surface area contributed by atoms with Gasteiger partial charge in [-0.05, 0) is 35.7 Å². The molecule has 0 bridgehead atoms. The summed E-state index contributed by atoms with van der Waals surface area (Å²) < 4.78 is 0. The second-order valence-corrected chi connectivity index (χ2v) is 3.91. The Morgan fingerprint density at radius 2 is 1.88 bits per heavy atom. The second-order valence-electron chi connectivity index (χ2n) is 3.91. The Bertz CT molecular complexity index is 576. The highest BCUT2D eigenvalue weighted by Crippen LogP contribution is 2.28. The summed E-state index contributed by atoms with van der Waals surface area (Å²) in [6, 6.07) is 12.4. The summed E-state index contributed by atoms with van der Waals surface area (Å²) in [5.74, 6) is -0.262. The lowest BCUT2D eigenvalue weighted by Crippen LogP contribution is -2.12. The number of aryl methyl sites for hydroxylation is 1. The first-order valence-corrected chi connectivity index (χ1v) is 5.28. The average Bonchev–Trinajstić information content (AvgIpc) is 2.32. The van der Waals surface area contributed by atoms with Crippen LogP contribution in [0.15, 0.2) is 42.5 Å². The van der Waals surface area contributed by atoms with Crippen LogP contribution >= 0.6 is 0 Å². The zero-order valence-electron chi connectivity index (χ0n) is 9.47. The molecule has 0 spiro atoms. The lowest BCUT2D eigenvalue weighted by atomic mass is 9.98. The Labute approximate surface area is 99.5 Å². The van der Waals surface area contributed by atoms with E-state index in [-0.39, 0.29) is 5.75 Å². The topological polar surface area (TPSA) is 63.3 Å². The van der Waals surface area contributed by atoms with E-state index in [2.05, 4.69) is 0 Å². The molecular weight excluding hydrogens is 214 g/mol. The normalized spacial score (nSPS) is 10.2. The molecule has 0 aliphatic carbocycles. The smallest absolute Gasteiger partial charge is 0.249 e. The molecule has 0 aromatic heterocycles. The third kappa shape index (κ3) is 2.13. The SMILES string of the molecule is Cc1ccc(-c2ccccc2C(N)=O)cc1O. The van der Waals surface area contributed by atoms with Crippen LogP contribution in [0.2, 0.25) is 0 Å². The monoisotopic (exact) mass is 227 g/mol. The van der Waals surface area contributed by atoms with Crippen LogP contribution in [0.4, 0.5) is 0 Å².